The monoisotopic (exact) mass is 337 g/mol. The number of hydrogen-bond donors (Lipinski definition) is 1. The molecule has 1 N–H and O–H groups in total. The Morgan fingerprint density at radius 1 is 1.39 bits per heavy atom. The fraction of sp³-hybridized carbons (Fsp3) is 0.647. The first-order valence-electron chi connectivity index (χ1n) is 8.37. The highest BCUT2D eigenvalue weighted by molar-refractivity contribution is 7.10. The molecule has 23 heavy (non-hydrogen) atoms. The molecule has 0 unspecified atom stereocenters. The molecule has 0 saturated carbocycles. The summed E-state index contributed by atoms with van der Waals surface area (Å²) >= 11 is 1.68. The average Bonchev–Trinajstić information content (AvgIpc) is 2.81. The van der Waals surface area contributed by atoms with E-state index in [4.69, 9.17) is 0 Å². The van der Waals surface area contributed by atoms with Crippen LogP contribution < -0.4 is 5.32 Å². The lowest BCUT2D eigenvalue weighted by molar-refractivity contribution is -0.130. The van der Waals surface area contributed by atoms with Gasteiger partial charge >= 0.3 is 6.03 Å². The summed E-state index contributed by atoms with van der Waals surface area (Å²) in [6.07, 6.45) is 4.74. The second-order valence-electron chi connectivity index (χ2n) is 6.16. The van der Waals surface area contributed by atoms with E-state index in [2.05, 4.69) is 23.7 Å². The van der Waals surface area contributed by atoms with Gasteiger partial charge < -0.3 is 15.1 Å². The lowest BCUT2D eigenvalue weighted by Crippen LogP contribution is -2.39. The van der Waals surface area contributed by atoms with E-state index in [1.54, 1.807) is 16.2 Å². The van der Waals surface area contributed by atoms with Crippen molar-refractivity contribution in [2.24, 2.45) is 0 Å². The van der Waals surface area contributed by atoms with Gasteiger partial charge in [0.25, 0.3) is 0 Å². The number of amides is 3. The molecule has 2 heterocycles. The van der Waals surface area contributed by atoms with Gasteiger partial charge in [0.05, 0.1) is 6.54 Å². The number of nitrogens with one attached hydrogen (secondary N) is 1. The van der Waals surface area contributed by atoms with E-state index in [1.165, 1.54) is 10.4 Å². The molecule has 1 aliphatic heterocycles. The highest BCUT2D eigenvalue weighted by Gasteiger charge is 2.16. The number of carbonyl (C=O) groups excluding carboxylic acids is 2. The maximum atomic E-state index is 12.1. The van der Waals surface area contributed by atoms with Crippen LogP contribution in [0.1, 0.15) is 42.5 Å². The first kappa shape index (κ1) is 17.8. The number of thiophene rings is 1. The molecule has 0 atom stereocenters. The molecule has 0 aromatic carbocycles. The highest BCUT2D eigenvalue weighted by atomic mass is 32.1. The third-order valence-electron chi connectivity index (χ3n) is 4.25. The predicted octanol–water partition coefficient (Wildman–Crippen LogP) is 2.99. The van der Waals surface area contributed by atoms with Gasteiger partial charge in [0.15, 0.2) is 0 Å². The van der Waals surface area contributed by atoms with Gasteiger partial charge in [-0.05, 0) is 43.2 Å². The SMILES string of the molecule is Cc1ccsc1CN(C)C(=O)NCCCN1CCCCCC1=O. The summed E-state index contributed by atoms with van der Waals surface area (Å²) in [6.45, 7) is 4.92. The minimum absolute atomic E-state index is 0.0556. The average molecular weight is 337 g/mol. The van der Waals surface area contributed by atoms with Gasteiger partial charge in [-0.2, -0.15) is 0 Å². The molecule has 3 amide bonds. The first-order valence-corrected chi connectivity index (χ1v) is 9.25. The molecule has 1 aromatic heterocycles. The molecule has 5 nitrogen and oxygen atoms in total. The van der Waals surface area contributed by atoms with Gasteiger partial charge in [-0.15, -0.1) is 11.3 Å². The summed E-state index contributed by atoms with van der Waals surface area (Å²) in [4.78, 5) is 28.8. The molecule has 0 bridgehead atoms. The normalized spacial score (nSPS) is 15.4. The van der Waals surface area contributed by atoms with Crippen molar-refractivity contribution in [3.63, 3.8) is 0 Å². The molecule has 0 spiro atoms. The third-order valence-corrected chi connectivity index (χ3v) is 5.26. The Morgan fingerprint density at radius 3 is 2.96 bits per heavy atom. The quantitative estimate of drug-likeness (QED) is 0.811. The molecule has 0 radical (unpaired) electrons. The van der Waals surface area contributed by atoms with Crippen LogP contribution in [0, 0.1) is 6.92 Å². The zero-order valence-electron chi connectivity index (χ0n) is 14.1. The van der Waals surface area contributed by atoms with E-state index in [0.717, 1.165) is 38.8 Å². The van der Waals surface area contributed by atoms with Crippen LogP contribution in [-0.4, -0.2) is 48.4 Å². The van der Waals surface area contributed by atoms with Crippen molar-refractivity contribution >= 4 is 23.3 Å². The maximum absolute atomic E-state index is 12.1. The lowest BCUT2D eigenvalue weighted by atomic mass is 10.2. The number of carbonyl (C=O) groups is 2. The molecule has 1 aromatic rings. The smallest absolute Gasteiger partial charge is 0.317 e. The van der Waals surface area contributed by atoms with E-state index in [9.17, 15) is 9.59 Å². The molecule has 1 saturated heterocycles. The summed E-state index contributed by atoms with van der Waals surface area (Å²) in [5, 5.41) is 4.99. The topological polar surface area (TPSA) is 52.7 Å². The van der Waals surface area contributed by atoms with Crippen LogP contribution in [0.4, 0.5) is 4.79 Å². The van der Waals surface area contributed by atoms with Gasteiger partial charge in [-0.25, -0.2) is 4.79 Å². The Labute approximate surface area is 142 Å². The van der Waals surface area contributed by atoms with Gasteiger partial charge in [-0.1, -0.05) is 6.42 Å². The number of hydrogen-bond acceptors (Lipinski definition) is 3. The minimum Gasteiger partial charge on any atom is -0.343 e. The number of nitrogens with zero attached hydrogens (tertiary/aromatic N) is 2. The number of urea groups is 1. The second-order valence-corrected chi connectivity index (χ2v) is 7.16. The Kier molecular flexibility index (Phi) is 6.89. The van der Waals surface area contributed by atoms with E-state index in [0.29, 0.717) is 19.5 Å². The van der Waals surface area contributed by atoms with E-state index in [-0.39, 0.29) is 11.9 Å². The minimum atomic E-state index is -0.0556. The molecule has 128 valence electrons. The van der Waals surface area contributed by atoms with Gasteiger partial charge in [0, 0.05) is 38.0 Å². The van der Waals surface area contributed by atoms with Crippen LogP contribution >= 0.6 is 11.3 Å². The molecule has 1 aliphatic rings. The Morgan fingerprint density at radius 2 is 2.22 bits per heavy atom. The van der Waals surface area contributed by atoms with Crippen molar-refractivity contribution in [3.05, 3.63) is 21.9 Å². The van der Waals surface area contributed by atoms with Crippen molar-refractivity contribution in [1.29, 1.82) is 0 Å². The Bertz CT molecular complexity index is 530. The molecule has 0 aliphatic carbocycles. The first-order chi connectivity index (χ1) is 11.1. The summed E-state index contributed by atoms with van der Waals surface area (Å²) in [5.74, 6) is 0.263. The molecular weight excluding hydrogens is 310 g/mol. The zero-order valence-corrected chi connectivity index (χ0v) is 15.0. The van der Waals surface area contributed by atoms with Crippen molar-refractivity contribution in [2.45, 2.75) is 45.6 Å². The van der Waals surface area contributed by atoms with Crippen LogP contribution in [0.15, 0.2) is 11.4 Å². The van der Waals surface area contributed by atoms with Crippen molar-refractivity contribution < 1.29 is 9.59 Å². The second kappa shape index (κ2) is 8.91. The third kappa shape index (κ3) is 5.53. The molecule has 6 heteroatoms. The van der Waals surface area contributed by atoms with Crippen LogP contribution in [0.2, 0.25) is 0 Å². The fourth-order valence-electron chi connectivity index (χ4n) is 2.73. The number of aryl methyl sites for hydroxylation is 1. The Hall–Kier alpha value is -1.56. The lowest BCUT2D eigenvalue weighted by Gasteiger charge is -2.21. The highest BCUT2D eigenvalue weighted by Crippen LogP contribution is 2.17. The van der Waals surface area contributed by atoms with Gasteiger partial charge in [0.2, 0.25) is 5.91 Å². The van der Waals surface area contributed by atoms with Crippen molar-refractivity contribution in [1.82, 2.24) is 15.1 Å². The largest absolute Gasteiger partial charge is 0.343 e. The summed E-state index contributed by atoms with van der Waals surface area (Å²) in [7, 11) is 1.81. The van der Waals surface area contributed by atoms with Crippen molar-refractivity contribution in [2.75, 3.05) is 26.7 Å². The molecule has 1 fully saturated rings. The predicted molar refractivity (Wildman–Crippen MR) is 93.6 cm³/mol. The maximum Gasteiger partial charge on any atom is 0.317 e. The Balaban J connectivity index is 1.66. The van der Waals surface area contributed by atoms with Gasteiger partial charge in [0.1, 0.15) is 0 Å². The number of rotatable bonds is 6. The van der Waals surface area contributed by atoms with E-state index >= 15 is 0 Å². The molecule has 2 rings (SSSR count). The standard InChI is InChI=1S/C17H27N3O2S/c1-14-8-12-23-15(14)13-19(2)17(22)18-9-6-11-20-10-5-3-4-7-16(20)21/h8,12H,3-7,9-11,13H2,1-2H3,(H,18,22). The van der Waals surface area contributed by atoms with Crippen LogP contribution in [0.3, 0.4) is 0 Å². The summed E-state index contributed by atoms with van der Waals surface area (Å²) in [6, 6.07) is 2.02. The zero-order chi connectivity index (χ0) is 16.7. The van der Waals surface area contributed by atoms with Crippen LogP contribution in [0.25, 0.3) is 0 Å². The van der Waals surface area contributed by atoms with Crippen LogP contribution in [0.5, 0.6) is 0 Å². The van der Waals surface area contributed by atoms with Gasteiger partial charge in [-0.3, -0.25) is 4.79 Å². The van der Waals surface area contributed by atoms with Crippen LogP contribution in [-0.2, 0) is 11.3 Å². The van der Waals surface area contributed by atoms with E-state index in [1.807, 2.05) is 11.9 Å². The summed E-state index contributed by atoms with van der Waals surface area (Å²) < 4.78 is 0. The molecular formula is C17H27N3O2S. The van der Waals surface area contributed by atoms with E-state index < -0.39 is 0 Å². The van der Waals surface area contributed by atoms with Crippen molar-refractivity contribution in [3.8, 4) is 0 Å². The fourth-order valence-corrected chi connectivity index (χ4v) is 3.69. The summed E-state index contributed by atoms with van der Waals surface area (Å²) in [5.41, 5.74) is 1.23. The number of likely N-dealkylation sites (tertiary alicyclic amines) is 1.